The summed E-state index contributed by atoms with van der Waals surface area (Å²) in [6, 6.07) is 10.1. The molecule has 22 heavy (non-hydrogen) atoms. The van der Waals surface area contributed by atoms with Crippen molar-refractivity contribution in [2.75, 3.05) is 7.11 Å². The number of esters is 1. The van der Waals surface area contributed by atoms with E-state index in [4.69, 9.17) is 4.74 Å². The molecule has 2 rings (SSSR count). The van der Waals surface area contributed by atoms with Gasteiger partial charge in [-0.2, -0.15) is 0 Å². The summed E-state index contributed by atoms with van der Waals surface area (Å²) in [6.45, 7) is 1.71. The third kappa shape index (κ3) is 2.95. The van der Waals surface area contributed by atoms with Crippen LogP contribution in [0.4, 0.5) is 10.1 Å². The zero-order valence-electron chi connectivity index (χ0n) is 12.1. The largest absolute Gasteiger partial charge is 0.468 e. The number of para-hydroxylation sites is 1. The van der Waals surface area contributed by atoms with E-state index in [9.17, 15) is 19.3 Å². The van der Waals surface area contributed by atoms with Gasteiger partial charge in [-0.3, -0.25) is 14.9 Å². The highest BCUT2D eigenvalue weighted by atomic mass is 19.1. The molecule has 6 heteroatoms. The van der Waals surface area contributed by atoms with Crippen LogP contribution in [0.1, 0.15) is 22.6 Å². The highest BCUT2D eigenvalue weighted by molar-refractivity contribution is 5.83. The van der Waals surface area contributed by atoms with Crippen molar-refractivity contribution in [1.82, 2.24) is 0 Å². The van der Waals surface area contributed by atoms with Crippen LogP contribution in [0.3, 0.4) is 0 Å². The van der Waals surface area contributed by atoms with Gasteiger partial charge in [0.25, 0.3) is 5.69 Å². The standard InChI is InChI=1S/C16H14FNO4/c1-10-7-8-11(13(17)9-10)15(16(19)22-2)12-5-3-4-6-14(12)18(20)21/h3-9,15H,1-2H3. The number of carbonyl (C=O) groups is 1. The summed E-state index contributed by atoms with van der Waals surface area (Å²) in [5.74, 6) is -2.54. The molecule has 0 N–H and O–H groups in total. The average Bonchev–Trinajstić information content (AvgIpc) is 2.49. The lowest BCUT2D eigenvalue weighted by atomic mass is 9.89. The number of benzene rings is 2. The Kier molecular flexibility index (Phi) is 4.50. The Labute approximate surface area is 126 Å². The molecule has 0 aliphatic rings. The average molecular weight is 303 g/mol. The zero-order valence-corrected chi connectivity index (χ0v) is 12.1. The van der Waals surface area contributed by atoms with Crippen LogP contribution in [0.25, 0.3) is 0 Å². The van der Waals surface area contributed by atoms with Gasteiger partial charge in [-0.1, -0.05) is 30.3 Å². The molecule has 0 aromatic heterocycles. The van der Waals surface area contributed by atoms with Gasteiger partial charge in [0, 0.05) is 17.2 Å². The third-order valence-corrected chi connectivity index (χ3v) is 3.35. The molecule has 0 saturated carbocycles. The van der Waals surface area contributed by atoms with Gasteiger partial charge in [-0.15, -0.1) is 0 Å². The van der Waals surface area contributed by atoms with Crippen molar-refractivity contribution < 1.29 is 18.8 Å². The van der Waals surface area contributed by atoms with Gasteiger partial charge in [0.2, 0.25) is 0 Å². The molecule has 2 aromatic rings. The van der Waals surface area contributed by atoms with E-state index in [1.807, 2.05) is 0 Å². The Balaban J connectivity index is 2.67. The molecule has 1 atom stereocenters. The number of ether oxygens (including phenoxy) is 1. The SMILES string of the molecule is COC(=O)C(c1ccc(C)cc1F)c1ccccc1[N+](=O)[O-]. The monoisotopic (exact) mass is 303 g/mol. The van der Waals surface area contributed by atoms with Gasteiger partial charge in [-0.05, 0) is 18.6 Å². The third-order valence-electron chi connectivity index (χ3n) is 3.35. The second kappa shape index (κ2) is 6.34. The van der Waals surface area contributed by atoms with E-state index >= 15 is 0 Å². The Morgan fingerprint density at radius 2 is 1.91 bits per heavy atom. The van der Waals surface area contributed by atoms with Crippen LogP contribution in [-0.2, 0) is 9.53 Å². The van der Waals surface area contributed by atoms with Crippen molar-refractivity contribution >= 4 is 11.7 Å². The van der Waals surface area contributed by atoms with Crippen molar-refractivity contribution in [1.29, 1.82) is 0 Å². The van der Waals surface area contributed by atoms with Crippen LogP contribution < -0.4 is 0 Å². The summed E-state index contributed by atoms with van der Waals surface area (Å²) in [7, 11) is 1.16. The molecule has 1 unspecified atom stereocenters. The first-order chi connectivity index (χ1) is 10.5. The normalized spacial score (nSPS) is 11.8. The second-order valence-corrected chi connectivity index (χ2v) is 4.80. The molecule has 0 fully saturated rings. The maximum atomic E-state index is 14.2. The first-order valence-corrected chi connectivity index (χ1v) is 6.53. The summed E-state index contributed by atoms with van der Waals surface area (Å²) in [6.07, 6.45) is 0. The quantitative estimate of drug-likeness (QED) is 0.493. The van der Waals surface area contributed by atoms with Gasteiger partial charge in [0.05, 0.1) is 12.0 Å². The first-order valence-electron chi connectivity index (χ1n) is 6.53. The van der Waals surface area contributed by atoms with E-state index in [0.717, 1.165) is 7.11 Å². The molecular weight excluding hydrogens is 289 g/mol. The number of nitrogens with zero attached hydrogens (tertiary/aromatic N) is 1. The van der Waals surface area contributed by atoms with E-state index in [2.05, 4.69) is 0 Å². The maximum absolute atomic E-state index is 14.2. The molecule has 0 radical (unpaired) electrons. The summed E-state index contributed by atoms with van der Waals surface area (Å²) in [5.41, 5.74) is 0.583. The topological polar surface area (TPSA) is 69.4 Å². The van der Waals surface area contributed by atoms with Crippen molar-refractivity contribution in [3.8, 4) is 0 Å². The first kappa shape index (κ1) is 15.6. The molecule has 0 aliphatic carbocycles. The van der Waals surface area contributed by atoms with Crippen molar-refractivity contribution in [3.05, 3.63) is 75.1 Å². The van der Waals surface area contributed by atoms with E-state index in [1.165, 1.54) is 30.3 Å². The van der Waals surface area contributed by atoms with Crippen LogP contribution in [-0.4, -0.2) is 18.0 Å². The van der Waals surface area contributed by atoms with Crippen molar-refractivity contribution in [2.24, 2.45) is 0 Å². The summed E-state index contributed by atoms with van der Waals surface area (Å²) >= 11 is 0. The van der Waals surface area contributed by atoms with E-state index < -0.39 is 22.6 Å². The van der Waals surface area contributed by atoms with Crippen molar-refractivity contribution in [2.45, 2.75) is 12.8 Å². The molecule has 0 aliphatic heterocycles. The molecule has 0 spiro atoms. The fraction of sp³-hybridized carbons (Fsp3) is 0.188. The van der Waals surface area contributed by atoms with Gasteiger partial charge in [0.1, 0.15) is 11.7 Å². The summed E-state index contributed by atoms with van der Waals surface area (Å²) in [5, 5.41) is 11.2. The number of aryl methyl sites for hydroxylation is 1. The maximum Gasteiger partial charge on any atom is 0.318 e. The van der Waals surface area contributed by atoms with E-state index in [1.54, 1.807) is 19.1 Å². The minimum atomic E-state index is -1.19. The smallest absolute Gasteiger partial charge is 0.318 e. The van der Waals surface area contributed by atoms with Crippen LogP contribution in [0.5, 0.6) is 0 Å². The van der Waals surface area contributed by atoms with Crippen LogP contribution >= 0.6 is 0 Å². The number of halogens is 1. The predicted octanol–water partition coefficient (Wildman–Crippen LogP) is 3.35. The number of hydrogen-bond donors (Lipinski definition) is 0. The van der Waals surface area contributed by atoms with Crippen molar-refractivity contribution in [3.63, 3.8) is 0 Å². The number of nitro benzene ring substituents is 1. The number of hydrogen-bond acceptors (Lipinski definition) is 4. The fourth-order valence-corrected chi connectivity index (χ4v) is 2.30. The Bertz CT molecular complexity index is 730. The molecule has 2 aromatic carbocycles. The summed E-state index contributed by atoms with van der Waals surface area (Å²) < 4.78 is 19.0. The van der Waals surface area contributed by atoms with Gasteiger partial charge >= 0.3 is 5.97 Å². The molecule has 0 amide bonds. The lowest BCUT2D eigenvalue weighted by molar-refractivity contribution is -0.385. The number of nitro groups is 1. The number of rotatable bonds is 4. The number of methoxy groups -OCH3 is 1. The van der Waals surface area contributed by atoms with Crippen LogP contribution in [0, 0.1) is 22.9 Å². The van der Waals surface area contributed by atoms with Gasteiger partial charge < -0.3 is 4.74 Å². The van der Waals surface area contributed by atoms with E-state index in [0.29, 0.717) is 5.56 Å². The Morgan fingerprint density at radius 1 is 1.23 bits per heavy atom. The molecule has 0 heterocycles. The molecule has 0 saturated heterocycles. The van der Waals surface area contributed by atoms with Crippen LogP contribution in [0.15, 0.2) is 42.5 Å². The highest BCUT2D eigenvalue weighted by Crippen LogP contribution is 2.34. The zero-order chi connectivity index (χ0) is 16.3. The minimum absolute atomic E-state index is 0.0479. The van der Waals surface area contributed by atoms with Crippen LogP contribution in [0.2, 0.25) is 0 Å². The van der Waals surface area contributed by atoms with E-state index in [-0.39, 0.29) is 16.8 Å². The molecule has 5 nitrogen and oxygen atoms in total. The predicted molar refractivity (Wildman–Crippen MR) is 78.1 cm³/mol. The minimum Gasteiger partial charge on any atom is -0.468 e. The van der Waals surface area contributed by atoms with Gasteiger partial charge in [-0.25, -0.2) is 4.39 Å². The molecular formula is C16H14FNO4. The lowest BCUT2D eigenvalue weighted by Gasteiger charge is -2.16. The number of carbonyl (C=O) groups excluding carboxylic acids is 1. The summed E-state index contributed by atoms with van der Waals surface area (Å²) in [4.78, 5) is 22.7. The van der Waals surface area contributed by atoms with Gasteiger partial charge in [0.15, 0.2) is 0 Å². The Morgan fingerprint density at radius 3 is 2.50 bits per heavy atom. The molecule has 114 valence electrons. The molecule has 0 bridgehead atoms. The highest BCUT2D eigenvalue weighted by Gasteiger charge is 2.32. The second-order valence-electron chi connectivity index (χ2n) is 4.80. The lowest BCUT2D eigenvalue weighted by Crippen LogP contribution is -2.18. The fourth-order valence-electron chi connectivity index (χ4n) is 2.30. The Hall–Kier alpha value is -2.76.